The van der Waals surface area contributed by atoms with Crippen LogP contribution in [0.15, 0.2) is 29.2 Å². The Bertz CT molecular complexity index is 833. The highest BCUT2D eigenvalue weighted by atomic mass is 32.2. The van der Waals surface area contributed by atoms with Crippen LogP contribution in [0.25, 0.3) is 0 Å². The summed E-state index contributed by atoms with van der Waals surface area (Å²) in [6.07, 6.45) is 2.14. The molecule has 0 amide bonds. The van der Waals surface area contributed by atoms with E-state index in [1.807, 2.05) is 6.07 Å². The molecule has 0 saturated heterocycles. The minimum atomic E-state index is -3.84. The third-order valence-electron chi connectivity index (χ3n) is 3.52. The van der Waals surface area contributed by atoms with Crippen LogP contribution in [0, 0.1) is 19.7 Å². The molecule has 116 valence electrons. The lowest BCUT2D eigenvalue weighted by Crippen LogP contribution is -2.17. The molecule has 2 aromatic rings. The third-order valence-corrected chi connectivity index (χ3v) is 5.01. The van der Waals surface area contributed by atoms with Crippen molar-refractivity contribution in [3.63, 3.8) is 0 Å². The van der Waals surface area contributed by atoms with Gasteiger partial charge in [0.05, 0.1) is 4.90 Å². The van der Waals surface area contributed by atoms with Gasteiger partial charge in [-0.2, -0.15) is 0 Å². The average Bonchev–Trinajstić information content (AvgIpc) is 3.20. The number of rotatable bonds is 4. The molecule has 0 atom stereocenters. The average molecular weight is 321 g/mol. The first-order valence-corrected chi connectivity index (χ1v) is 8.48. The van der Waals surface area contributed by atoms with Gasteiger partial charge in [-0.25, -0.2) is 27.5 Å². The SMILES string of the molecule is Cc1cc(C2CC2)nc(NS(=O)(=O)c2ccc(F)cc2C)n1. The highest BCUT2D eigenvalue weighted by Crippen LogP contribution is 2.39. The van der Waals surface area contributed by atoms with Crippen molar-refractivity contribution in [2.45, 2.75) is 37.5 Å². The van der Waals surface area contributed by atoms with Gasteiger partial charge in [0.15, 0.2) is 0 Å². The highest BCUT2D eigenvalue weighted by Gasteiger charge is 2.26. The zero-order valence-corrected chi connectivity index (χ0v) is 13.1. The van der Waals surface area contributed by atoms with E-state index in [-0.39, 0.29) is 10.8 Å². The molecule has 1 saturated carbocycles. The topological polar surface area (TPSA) is 72.0 Å². The van der Waals surface area contributed by atoms with E-state index in [9.17, 15) is 12.8 Å². The van der Waals surface area contributed by atoms with Gasteiger partial charge in [-0.1, -0.05) is 0 Å². The van der Waals surface area contributed by atoms with Crippen molar-refractivity contribution in [2.75, 3.05) is 4.72 Å². The van der Waals surface area contributed by atoms with E-state index in [4.69, 9.17) is 0 Å². The Labute approximate surface area is 128 Å². The van der Waals surface area contributed by atoms with Crippen molar-refractivity contribution in [2.24, 2.45) is 0 Å². The Morgan fingerprint density at radius 2 is 1.91 bits per heavy atom. The van der Waals surface area contributed by atoms with E-state index in [1.165, 1.54) is 12.1 Å². The monoisotopic (exact) mass is 321 g/mol. The van der Waals surface area contributed by atoms with Gasteiger partial charge in [0.1, 0.15) is 5.82 Å². The van der Waals surface area contributed by atoms with Gasteiger partial charge < -0.3 is 0 Å². The number of anilines is 1. The normalized spacial score (nSPS) is 14.9. The van der Waals surface area contributed by atoms with Crippen LogP contribution < -0.4 is 4.72 Å². The van der Waals surface area contributed by atoms with Crippen molar-refractivity contribution in [3.8, 4) is 0 Å². The maximum absolute atomic E-state index is 13.1. The largest absolute Gasteiger partial charge is 0.264 e. The van der Waals surface area contributed by atoms with Crippen LogP contribution in [0.2, 0.25) is 0 Å². The van der Waals surface area contributed by atoms with Gasteiger partial charge in [-0.3, -0.25) is 0 Å². The molecular formula is C15H16FN3O2S. The van der Waals surface area contributed by atoms with E-state index in [0.717, 1.165) is 24.6 Å². The molecule has 5 nitrogen and oxygen atoms in total. The van der Waals surface area contributed by atoms with Crippen molar-refractivity contribution in [1.29, 1.82) is 0 Å². The van der Waals surface area contributed by atoms with Crippen LogP contribution in [0.5, 0.6) is 0 Å². The van der Waals surface area contributed by atoms with Crippen molar-refractivity contribution >= 4 is 16.0 Å². The predicted molar refractivity (Wildman–Crippen MR) is 80.7 cm³/mol. The molecule has 0 radical (unpaired) electrons. The number of benzene rings is 1. The summed E-state index contributed by atoms with van der Waals surface area (Å²) >= 11 is 0. The summed E-state index contributed by atoms with van der Waals surface area (Å²) in [6, 6.07) is 5.42. The number of hydrogen-bond donors (Lipinski definition) is 1. The smallest absolute Gasteiger partial charge is 0.247 e. The number of halogens is 1. The zero-order chi connectivity index (χ0) is 15.9. The fourth-order valence-corrected chi connectivity index (χ4v) is 3.49. The summed E-state index contributed by atoms with van der Waals surface area (Å²) in [4.78, 5) is 8.42. The molecule has 1 N–H and O–H groups in total. The molecule has 0 bridgehead atoms. The molecule has 3 rings (SSSR count). The molecule has 1 heterocycles. The molecule has 1 fully saturated rings. The van der Waals surface area contributed by atoms with Gasteiger partial charge in [0, 0.05) is 17.3 Å². The van der Waals surface area contributed by atoms with Gasteiger partial charge in [-0.05, 0) is 56.5 Å². The predicted octanol–water partition coefficient (Wildman–Crippen LogP) is 2.91. The zero-order valence-electron chi connectivity index (χ0n) is 12.3. The van der Waals surface area contributed by atoms with Crippen LogP contribution in [-0.2, 0) is 10.0 Å². The van der Waals surface area contributed by atoms with Crippen LogP contribution in [0.1, 0.15) is 35.7 Å². The van der Waals surface area contributed by atoms with Crippen LogP contribution in [0.3, 0.4) is 0 Å². The first-order chi connectivity index (χ1) is 10.3. The Balaban J connectivity index is 1.94. The first kappa shape index (κ1) is 14.9. The molecule has 22 heavy (non-hydrogen) atoms. The lowest BCUT2D eigenvalue weighted by molar-refractivity contribution is 0.598. The van der Waals surface area contributed by atoms with Crippen molar-refractivity contribution < 1.29 is 12.8 Å². The molecule has 0 spiro atoms. The number of sulfonamides is 1. The first-order valence-electron chi connectivity index (χ1n) is 7.00. The quantitative estimate of drug-likeness (QED) is 0.940. The van der Waals surface area contributed by atoms with Gasteiger partial charge >= 0.3 is 0 Å². The second kappa shape index (κ2) is 5.31. The van der Waals surface area contributed by atoms with Crippen LogP contribution in [-0.4, -0.2) is 18.4 Å². The number of hydrogen-bond acceptors (Lipinski definition) is 4. The molecule has 1 aromatic carbocycles. The second-order valence-electron chi connectivity index (χ2n) is 5.55. The maximum atomic E-state index is 13.1. The van der Waals surface area contributed by atoms with Crippen LogP contribution >= 0.6 is 0 Å². The van der Waals surface area contributed by atoms with Gasteiger partial charge in [0.25, 0.3) is 10.0 Å². The summed E-state index contributed by atoms with van der Waals surface area (Å²) in [5, 5.41) is 0. The summed E-state index contributed by atoms with van der Waals surface area (Å²) in [6.45, 7) is 3.35. The molecule has 1 aliphatic carbocycles. The molecular weight excluding hydrogens is 305 g/mol. The summed E-state index contributed by atoms with van der Waals surface area (Å²) in [5.41, 5.74) is 1.91. The number of nitrogens with zero attached hydrogens (tertiary/aromatic N) is 2. The minimum Gasteiger partial charge on any atom is -0.247 e. The summed E-state index contributed by atoms with van der Waals surface area (Å²) < 4.78 is 40.4. The third kappa shape index (κ3) is 3.09. The van der Waals surface area contributed by atoms with Gasteiger partial charge in [-0.15, -0.1) is 0 Å². The van der Waals surface area contributed by atoms with Crippen LogP contribution in [0.4, 0.5) is 10.3 Å². The maximum Gasteiger partial charge on any atom is 0.264 e. The number of nitrogens with one attached hydrogen (secondary N) is 1. The Hall–Kier alpha value is -2.02. The van der Waals surface area contributed by atoms with E-state index < -0.39 is 15.8 Å². The lowest BCUT2D eigenvalue weighted by atomic mass is 10.2. The molecule has 7 heteroatoms. The van der Waals surface area contributed by atoms with Crippen molar-refractivity contribution in [1.82, 2.24) is 9.97 Å². The fraction of sp³-hybridized carbons (Fsp3) is 0.333. The standard InChI is InChI=1S/C15H16FN3O2S/c1-9-7-12(16)5-6-14(9)22(20,21)19-15-17-10(2)8-13(18-15)11-3-4-11/h5-8,11H,3-4H2,1-2H3,(H,17,18,19). The Morgan fingerprint density at radius 3 is 2.55 bits per heavy atom. The minimum absolute atomic E-state index is 0.0204. The van der Waals surface area contributed by atoms with Crippen molar-refractivity contribution in [3.05, 3.63) is 47.0 Å². The summed E-state index contributed by atoms with van der Waals surface area (Å²) in [7, 11) is -3.84. The van der Waals surface area contributed by atoms with E-state index in [0.29, 0.717) is 17.2 Å². The van der Waals surface area contributed by atoms with E-state index in [1.54, 1.807) is 13.8 Å². The fourth-order valence-electron chi connectivity index (χ4n) is 2.32. The molecule has 0 unspecified atom stereocenters. The number of aromatic nitrogens is 2. The molecule has 1 aliphatic rings. The second-order valence-corrected chi connectivity index (χ2v) is 7.20. The van der Waals surface area contributed by atoms with E-state index >= 15 is 0 Å². The molecule has 0 aliphatic heterocycles. The molecule has 1 aromatic heterocycles. The lowest BCUT2D eigenvalue weighted by Gasteiger charge is -2.10. The van der Waals surface area contributed by atoms with E-state index in [2.05, 4.69) is 14.7 Å². The Morgan fingerprint density at radius 1 is 1.18 bits per heavy atom. The number of aryl methyl sites for hydroxylation is 2. The highest BCUT2D eigenvalue weighted by molar-refractivity contribution is 7.92. The van der Waals surface area contributed by atoms with Gasteiger partial charge in [0.2, 0.25) is 5.95 Å². The Kier molecular flexibility index (Phi) is 3.60. The summed E-state index contributed by atoms with van der Waals surface area (Å²) in [5.74, 6) is -0.0117.